The molecule has 2 heterocycles. The minimum Gasteiger partial charge on any atom is -0.456 e. The summed E-state index contributed by atoms with van der Waals surface area (Å²) in [6.07, 6.45) is 0. The van der Waals surface area contributed by atoms with Gasteiger partial charge in [0.2, 0.25) is 0 Å². The molecule has 0 radical (unpaired) electrons. The molecule has 0 saturated heterocycles. The first-order valence-electron chi connectivity index (χ1n) is 18.6. The summed E-state index contributed by atoms with van der Waals surface area (Å²) in [6.45, 7) is 8.87. The van der Waals surface area contributed by atoms with Gasteiger partial charge < -0.3 is 4.42 Å². The molecule has 4 nitrogen and oxygen atoms in total. The lowest BCUT2D eigenvalue weighted by Crippen LogP contribution is -2.14. The van der Waals surface area contributed by atoms with Crippen LogP contribution >= 0.6 is 0 Å². The molecule has 0 fully saturated rings. The van der Waals surface area contributed by atoms with E-state index < -0.39 is 0 Å². The van der Waals surface area contributed by atoms with E-state index in [0.717, 1.165) is 55.1 Å². The summed E-state index contributed by atoms with van der Waals surface area (Å²) in [5, 5.41) is 9.27. The molecule has 0 unspecified atom stereocenters. The van der Waals surface area contributed by atoms with Crippen molar-refractivity contribution in [1.29, 1.82) is 0 Å². The normalized spacial score (nSPS) is 13.3. The minimum atomic E-state index is -0.124. The van der Waals surface area contributed by atoms with Gasteiger partial charge in [-0.15, -0.1) is 0 Å². The fraction of sp³-hybridized carbons (Fsp3) is 0.100. The van der Waals surface area contributed by atoms with Gasteiger partial charge in [-0.25, -0.2) is 15.0 Å². The Morgan fingerprint density at radius 3 is 1.94 bits per heavy atom. The van der Waals surface area contributed by atoms with Gasteiger partial charge in [0.1, 0.15) is 11.2 Å². The largest absolute Gasteiger partial charge is 0.456 e. The number of hydrogen-bond donors (Lipinski definition) is 0. The topological polar surface area (TPSA) is 51.8 Å². The van der Waals surface area contributed by atoms with Crippen LogP contribution in [-0.4, -0.2) is 15.0 Å². The van der Waals surface area contributed by atoms with E-state index in [-0.39, 0.29) is 5.41 Å². The smallest absolute Gasteiger partial charge is 0.164 e. The SMILES string of the molecule is Cc1cccc(C)c1-c1nc(-c2cccc3c2ccc2ccc4ccccc4c23)nc(-c2cccc3oc4cc5c(cc4c23)-c2ccccc2C5(C)C)n1. The minimum absolute atomic E-state index is 0.124. The predicted octanol–water partition coefficient (Wildman–Crippen LogP) is 13.2. The van der Waals surface area contributed by atoms with Gasteiger partial charge >= 0.3 is 0 Å². The molecule has 4 heteroatoms. The quantitative estimate of drug-likeness (QED) is 0.173. The van der Waals surface area contributed by atoms with Crippen molar-refractivity contribution in [3.63, 3.8) is 0 Å². The van der Waals surface area contributed by atoms with E-state index in [2.05, 4.69) is 161 Å². The zero-order valence-corrected chi connectivity index (χ0v) is 30.5. The summed E-state index contributed by atoms with van der Waals surface area (Å²) in [7, 11) is 0. The molecule has 8 aromatic carbocycles. The van der Waals surface area contributed by atoms with Crippen molar-refractivity contribution in [2.45, 2.75) is 33.1 Å². The first-order valence-corrected chi connectivity index (χ1v) is 18.6. The maximum Gasteiger partial charge on any atom is 0.164 e. The summed E-state index contributed by atoms with van der Waals surface area (Å²) in [5.41, 5.74) is 11.9. The molecule has 10 aromatic rings. The average molecular weight is 694 g/mol. The van der Waals surface area contributed by atoms with Crippen LogP contribution in [0.3, 0.4) is 0 Å². The molecule has 0 bridgehead atoms. The molecule has 1 aliphatic rings. The van der Waals surface area contributed by atoms with Crippen molar-refractivity contribution < 1.29 is 4.42 Å². The average Bonchev–Trinajstić information content (AvgIpc) is 3.67. The van der Waals surface area contributed by atoms with Gasteiger partial charge in [0, 0.05) is 32.9 Å². The van der Waals surface area contributed by atoms with E-state index in [1.165, 1.54) is 49.2 Å². The molecular weight excluding hydrogens is 659 g/mol. The molecular formula is C50H35N3O. The number of nitrogens with zero attached hydrogens (tertiary/aromatic N) is 3. The maximum atomic E-state index is 6.66. The molecule has 1 aliphatic carbocycles. The predicted molar refractivity (Wildman–Crippen MR) is 223 cm³/mol. The van der Waals surface area contributed by atoms with Gasteiger partial charge in [0.15, 0.2) is 17.5 Å². The molecule has 0 saturated carbocycles. The van der Waals surface area contributed by atoms with Crippen LogP contribution in [0.4, 0.5) is 0 Å². The number of rotatable bonds is 3. The highest BCUT2D eigenvalue weighted by Gasteiger charge is 2.36. The van der Waals surface area contributed by atoms with Crippen LogP contribution in [0.15, 0.2) is 144 Å². The number of aromatic nitrogens is 3. The first-order chi connectivity index (χ1) is 26.3. The molecule has 0 atom stereocenters. The molecule has 11 rings (SSSR count). The molecule has 0 spiro atoms. The van der Waals surface area contributed by atoms with Gasteiger partial charge in [0.25, 0.3) is 0 Å². The standard InChI is InChI=1S/C50H35N3O/c1-28-12-9-13-29(2)44(28)49-52-47(36-18-10-17-35-33(36)25-24-31-23-22-30-14-5-6-15-32(30)45(31)35)51-48(53-49)37-19-11-21-42-46(37)39-26-38-34-16-7-8-20-40(34)50(3,4)41(38)27-43(39)54-42/h5-27H,1-4H3. The van der Waals surface area contributed by atoms with Crippen molar-refractivity contribution in [1.82, 2.24) is 15.0 Å². The van der Waals surface area contributed by atoms with Crippen molar-refractivity contribution in [3.05, 3.63) is 162 Å². The summed E-state index contributed by atoms with van der Waals surface area (Å²) in [4.78, 5) is 15.9. The van der Waals surface area contributed by atoms with Crippen molar-refractivity contribution >= 4 is 54.3 Å². The third kappa shape index (κ3) is 4.34. The Balaban J connectivity index is 1.20. The van der Waals surface area contributed by atoms with E-state index in [1.54, 1.807) is 0 Å². The first kappa shape index (κ1) is 30.9. The lowest BCUT2D eigenvalue weighted by molar-refractivity contribution is 0.647. The Labute approximate surface area is 312 Å². The summed E-state index contributed by atoms with van der Waals surface area (Å²) in [5.74, 6) is 1.93. The second-order valence-corrected chi connectivity index (χ2v) is 15.3. The Morgan fingerprint density at radius 1 is 0.426 bits per heavy atom. The van der Waals surface area contributed by atoms with Crippen LogP contribution < -0.4 is 0 Å². The molecule has 256 valence electrons. The monoisotopic (exact) mass is 693 g/mol. The van der Waals surface area contributed by atoms with E-state index >= 15 is 0 Å². The van der Waals surface area contributed by atoms with E-state index in [9.17, 15) is 0 Å². The van der Waals surface area contributed by atoms with Crippen LogP contribution in [0.5, 0.6) is 0 Å². The van der Waals surface area contributed by atoms with Crippen LogP contribution in [0.1, 0.15) is 36.1 Å². The molecule has 0 N–H and O–H groups in total. The van der Waals surface area contributed by atoms with E-state index in [1.807, 2.05) is 6.07 Å². The zero-order valence-electron chi connectivity index (χ0n) is 30.5. The van der Waals surface area contributed by atoms with Crippen molar-refractivity contribution in [3.8, 4) is 45.3 Å². The Hall–Kier alpha value is -6.65. The van der Waals surface area contributed by atoms with Gasteiger partial charge in [0.05, 0.1) is 0 Å². The third-order valence-electron chi connectivity index (χ3n) is 11.8. The maximum absolute atomic E-state index is 6.66. The van der Waals surface area contributed by atoms with Crippen LogP contribution in [0.25, 0.3) is 99.5 Å². The highest BCUT2D eigenvalue weighted by molar-refractivity contribution is 6.22. The lowest BCUT2D eigenvalue weighted by atomic mass is 9.82. The van der Waals surface area contributed by atoms with Crippen LogP contribution in [-0.2, 0) is 5.41 Å². The number of hydrogen-bond acceptors (Lipinski definition) is 4. The summed E-state index contributed by atoms with van der Waals surface area (Å²) in [6, 6.07) is 49.9. The number of furan rings is 1. The lowest BCUT2D eigenvalue weighted by Gasteiger charge is -2.21. The van der Waals surface area contributed by atoms with Gasteiger partial charge in [-0.2, -0.15) is 0 Å². The highest BCUT2D eigenvalue weighted by atomic mass is 16.3. The number of fused-ring (bicyclic) bond motifs is 11. The van der Waals surface area contributed by atoms with Gasteiger partial charge in [-0.05, 0) is 97.7 Å². The second kappa shape index (κ2) is 11.2. The van der Waals surface area contributed by atoms with Crippen molar-refractivity contribution in [2.24, 2.45) is 0 Å². The molecule has 0 aliphatic heterocycles. The van der Waals surface area contributed by atoms with Gasteiger partial charge in [-0.3, -0.25) is 0 Å². The molecule has 2 aromatic heterocycles. The Morgan fingerprint density at radius 2 is 1.07 bits per heavy atom. The second-order valence-electron chi connectivity index (χ2n) is 15.3. The summed E-state index contributed by atoms with van der Waals surface area (Å²) >= 11 is 0. The number of aryl methyl sites for hydroxylation is 2. The third-order valence-corrected chi connectivity index (χ3v) is 11.8. The van der Waals surface area contributed by atoms with Gasteiger partial charge in [-0.1, -0.05) is 135 Å². The Bertz CT molecular complexity index is 3200. The number of benzene rings is 8. The van der Waals surface area contributed by atoms with E-state index in [0.29, 0.717) is 17.5 Å². The molecule has 54 heavy (non-hydrogen) atoms. The van der Waals surface area contributed by atoms with Crippen molar-refractivity contribution in [2.75, 3.05) is 0 Å². The molecule has 0 amide bonds. The highest BCUT2D eigenvalue weighted by Crippen LogP contribution is 2.51. The van der Waals surface area contributed by atoms with Crippen LogP contribution in [0, 0.1) is 13.8 Å². The zero-order chi connectivity index (χ0) is 36.3. The summed E-state index contributed by atoms with van der Waals surface area (Å²) < 4.78 is 6.66. The fourth-order valence-electron chi connectivity index (χ4n) is 9.16. The van der Waals surface area contributed by atoms with Crippen LogP contribution in [0.2, 0.25) is 0 Å². The fourth-order valence-corrected chi connectivity index (χ4v) is 9.16. The van der Waals surface area contributed by atoms with E-state index in [4.69, 9.17) is 19.4 Å². The Kier molecular flexibility index (Phi) is 6.40.